The van der Waals surface area contributed by atoms with Crippen LogP contribution in [0.1, 0.15) is 21.5 Å². The Morgan fingerprint density at radius 2 is 1.79 bits per heavy atom. The second-order valence-corrected chi connectivity index (χ2v) is 4.30. The minimum atomic E-state index is -1.07. The molecular weight excluding hydrogens is 253 g/mol. The fourth-order valence-corrected chi connectivity index (χ4v) is 1.81. The SMILES string of the molecule is Cc1ccc(F)c(C(=O)Cc2cccc(F)c2F)c1. The highest BCUT2D eigenvalue weighted by Gasteiger charge is 2.16. The van der Waals surface area contributed by atoms with E-state index in [1.54, 1.807) is 6.92 Å². The largest absolute Gasteiger partial charge is 0.294 e. The van der Waals surface area contributed by atoms with Gasteiger partial charge in [-0.3, -0.25) is 4.79 Å². The number of rotatable bonds is 3. The Bertz CT molecular complexity index is 635. The average Bonchev–Trinajstić information content (AvgIpc) is 2.38. The monoisotopic (exact) mass is 264 g/mol. The zero-order chi connectivity index (χ0) is 14.0. The van der Waals surface area contributed by atoms with Crippen molar-refractivity contribution in [3.05, 3.63) is 70.5 Å². The topological polar surface area (TPSA) is 17.1 Å². The molecule has 0 aliphatic carbocycles. The molecular formula is C15H11F3O. The van der Waals surface area contributed by atoms with Gasteiger partial charge in [-0.05, 0) is 30.7 Å². The lowest BCUT2D eigenvalue weighted by Crippen LogP contribution is -2.08. The molecule has 0 N–H and O–H groups in total. The predicted octanol–water partition coefficient (Wildman–Crippen LogP) is 3.84. The molecule has 2 rings (SSSR count). The molecule has 2 aromatic rings. The molecule has 0 aliphatic rings. The lowest BCUT2D eigenvalue weighted by Gasteiger charge is -2.05. The van der Waals surface area contributed by atoms with E-state index < -0.39 is 23.2 Å². The Balaban J connectivity index is 2.31. The normalized spacial score (nSPS) is 10.5. The average molecular weight is 264 g/mol. The third kappa shape index (κ3) is 2.84. The van der Waals surface area contributed by atoms with Crippen molar-refractivity contribution >= 4 is 5.78 Å². The van der Waals surface area contributed by atoms with E-state index in [0.29, 0.717) is 0 Å². The molecule has 4 heteroatoms. The van der Waals surface area contributed by atoms with Crippen molar-refractivity contribution in [2.45, 2.75) is 13.3 Å². The van der Waals surface area contributed by atoms with Gasteiger partial charge in [0.25, 0.3) is 0 Å². The van der Waals surface area contributed by atoms with Crippen LogP contribution in [0, 0.1) is 24.4 Å². The molecule has 1 nitrogen and oxygen atoms in total. The third-order valence-corrected chi connectivity index (χ3v) is 2.80. The fraction of sp³-hybridized carbons (Fsp3) is 0.133. The van der Waals surface area contributed by atoms with Crippen LogP contribution in [0.2, 0.25) is 0 Å². The van der Waals surface area contributed by atoms with Gasteiger partial charge in [0, 0.05) is 6.42 Å². The molecule has 0 spiro atoms. The zero-order valence-corrected chi connectivity index (χ0v) is 10.2. The number of halogens is 3. The van der Waals surface area contributed by atoms with E-state index >= 15 is 0 Å². The maximum atomic E-state index is 13.5. The first-order chi connectivity index (χ1) is 8.99. The summed E-state index contributed by atoms with van der Waals surface area (Å²) in [6.45, 7) is 1.72. The van der Waals surface area contributed by atoms with Gasteiger partial charge in [0.1, 0.15) is 5.82 Å². The number of benzene rings is 2. The number of Topliss-reactive ketones (excluding diaryl/α,β-unsaturated/α-hetero) is 1. The maximum Gasteiger partial charge on any atom is 0.170 e. The van der Waals surface area contributed by atoms with Gasteiger partial charge in [-0.15, -0.1) is 0 Å². The number of hydrogen-bond donors (Lipinski definition) is 0. The highest BCUT2D eigenvalue weighted by molar-refractivity contribution is 5.97. The zero-order valence-electron chi connectivity index (χ0n) is 10.2. The van der Waals surface area contributed by atoms with Crippen molar-refractivity contribution in [3.8, 4) is 0 Å². The molecule has 0 aliphatic heterocycles. The Labute approximate surface area is 108 Å². The van der Waals surface area contributed by atoms with Crippen molar-refractivity contribution in [3.63, 3.8) is 0 Å². The van der Waals surface area contributed by atoms with Crippen LogP contribution in [0.25, 0.3) is 0 Å². The van der Waals surface area contributed by atoms with Gasteiger partial charge >= 0.3 is 0 Å². The lowest BCUT2D eigenvalue weighted by molar-refractivity contribution is 0.0987. The summed E-state index contributed by atoms with van der Waals surface area (Å²) in [6.07, 6.45) is -0.371. The maximum absolute atomic E-state index is 13.5. The second-order valence-electron chi connectivity index (χ2n) is 4.30. The first-order valence-electron chi connectivity index (χ1n) is 5.71. The molecule has 0 bridgehead atoms. The molecule has 0 saturated heterocycles. The summed E-state index contributed by atoms with van der Waals surface area (Å²) in [5.74, 6) is -3.32. The smallest absolute Gasteiger partial charge is 0.170 e. The molecule has 19 heavy (non-hydrogen) atoms. The van der Waals surface area contributed by atoms with Crippen LogP contribution < -0.4 is 0 Å². The van der Waals surface area contributed by atoms with Gasteiger partial charge in [0.05, 0.1) is 5.56 Å². The highest BCUT2D eigenvalue weighted by Crippen LogP contribution is 2.17. The van der Waals surface area contributed by atoms with Crippen LogP contribution in [0.3, 0.4) is 0 Å². The summed E-state index contributed by atoms with van der Waals surface area (Å²) in [5, 5.41) is 0. The first kappa shape index (κ1) is 13.3. The van der Waals surface area contributed by atoms with Crippen molar-refractivity contribution in [2.24, 2.45) is 0 Å². The number of ketones is 1. The second kappa shape index (κ2) is 5.26. The number of carbonyl (C=O) groups excluding carboxylic acids is 1. The van der Waals surface area contributed by atoms with Gasteiger partial charge in [-0.25, -0.2) is 13.2 Å². The number of aryl methyl sites for hydroxylation is 1. The molecule has 0 radical (unpaired) electrons. The first-order valence-corrected chi connectivity index (χ1v) is 5.71. The predicted molar refractivity (Wildman–Crippen MR) is 65.5 cm³/mol. The fourth-order valence-electron chi connectivity index (χ4n) is 1.81. The molecule has 0 heterocycles. The summed E-state index contributed by atoms with van der Waals surface area (Å²) in [4.78, 5) is 11.9. The van der Waals surface area contributed by atoms with E-state index in [1.807, 2.05) is 0 Å². The van der Waals surface area contributed by atoms with Gasteiger partial charge in [-0.1, -0.05) is 23.8 Å². The van der Waals surface area contributed by atoms with Crippen molar-refractivity contribution < 1.29 is 18.0 Å². The Kier molecular flexibility index (Phi) is 3.69. The van der Waals surface area contributed by atoms with Crippen LogP contribution in [-0.4, -0.2) is 5.78 Å². The third-order valence-electron chi connectivity index (χ3n) is 2.80. The highest BCUT2D eigenvalue weighted by atomic mass is 19.2. The van der Waals surface area contributed by atoms with Crippen molar-refractivity contribution in [2.75, 3.05) is 0 Å². The summed E-state index contributed by atoms with van der Waals surface area (Å²) < 4.78 is 40.0. The molecule has 0 unspecified atom stereocenters. The minimum absolute atomic E-state index is 0.0779. The van der Waals surface area contributed by atoms with Crippen molar-refractivity contribution in [1.82, 2.24) is 0 Å². The Morgan fingerprint density at radius 1 is 1.05 bits per heavy atom. The lowest BCUT2D eigenvalue weighted by atomic mass is 10.0. The molecule has 98 valence electrons. The van der Waals surface area contributed by atoms with Gasteiger partial charge in [0.15, 0.2) is 17.4 Å². The Hall–Kier alpha value is -2.10. The standard InChI is InChI=1S/C15H11F3O/c1-9-5-6-12(16)11(7-9)14(19)8-10-3-2-4-13(17)15(10)18/h2-7H,8H2,1H3. The molecule has 0 atom stereocenters. The summed E-state index contributed by atoms with van der Waals surface area (Å²) in [5.41, 5.74) is 0.541. The van der Waals surface area contributed by atoms with Crippen LogP contribution in [0.5, 0.6) is 0 Å². The summed E-state index contributed by atoms with van der Waals surface area (Å²) >= 11 is 0. The molecule has 0 saturated carbocycles. The molecule has 0 aromatic heterocycles. The van der Waals surface area contributed by atoms with Crippen molar-refractivity contribution in [1.29, 1.82) is 0 Å². The Morgan fingerprint density at radius 3 is 2.53 bits per heavy atom. The van der Waals surface area contributed by atoms with E-state index in [4.69, 9.17) is 0 Å². The van der Waals surface area contributed by atoms with Gasteiger partial charge in [0.2, 0.25) is 0 Å². The summed E-state index contributed by atoms with van der Waals surface area (Å²) in [6, 6.07) is 7.71. The minimum Gasteiger partial charge on any atom is -0.294 e. The quantitative estimate of drug-likeness (QED) is 0.770. The van der Waals surface area contributed by atoms with Crippen LogP contribution in [0.4, 0.5) is 13.2 Å². The van der Waals surface area contributed by atoms with E-state index in [-0.39, 0.29) is 17.5 Å². The summed E-state index contributed by atoms with van der Waals surface area (Å²) in [7, 11) is 0. The van der Waals surface area contributed by atoms with E-state index in [0.717, 1.165) is 11.6 Å². The molecule has 0 fully saturated rings. The number of carbonyl (C=O) groups is 1. The van der Waals surface area contributed by atoms with Crippen LogP contribution >= 0.6 is 0 Å². The van der Waals surface area contributed by atoms with Gasteiger partial charge < -0.3 is 0 Å². The van der Waals surface area contributed by atoms with E-state index in [9.17, 15) is 18.0 Å². The van der Waals surface area contributed by atoms with Crippen LogP contribution in [-0.2, 0) is 6.42 Å². The van der Waals surface area contributed by atoms with E-state index in [1.165, 1.54) is 30.3 Å². The van der Waals surface area contributed by atoms with Gasteiger partial charge in [-0.2, -0.15) is 0 Å². The molecule has 0 amide bonds. The number of hydrogen-bond acceptors (Lipinski definition) is 1. The molecule has 2 aromatic carbocycles. The van der Waals surface area contributed by atoms with E-state index in [2.05, 4.69) is 0 Å². The van der Waals surface area contributed by atoms with Crippen LogP contribution in [0.15, 0.2) is 36.4 Å².